The van der Waals surface area contributed by atoms with Crippen molar-refractivity contribution in [3.05, 3.63) is 35.6 Å². The van der Waals surface area contributed by atoms with Crippen molar-refractivity contribution in [1.82, 2.24) is 10.2 Å². The fourth-order valence-corrected chi connectivity index (χ4v) is 2.94. The van der Waals surface area contributed by atoms with E-state index >= 15 is 0 Å². The fraction of sp³-hybridized carbons (Fsp3) is 0.647. The molecule has 0 bridgehead atoms. The molecule has 3 heteroatoms. The van der Waals surface area contributed by atoms with Gasteiger partial charge >= 0.3 is 0 Å². The summed E-state index contributed by atoms with van der Waals surface area (Å²) >= 11 is 0. The van der Waals surface area contributed by atoms with Gasteiger partial charge in [-0.2, -0.15) is 0 Å². The van der Waals surface area contributed by atoms with Crippen LogP contribution in [0.2, 0.25) is 0 Å². The quantitative estimate of drug-likeness (QED) is 0.890. The number of halogens is 1. The Balaban J connectivity index is 1.82. The molecule has 1 heterocycles. The van der Waals surface area contributed by atoms with E-state index in [2.05, 4.69) is 24.1 Å². The Morgan fingerprint density at radius 3 is 2.75 bits per heavy atom. The third-order valence-corrected chi connectivity index (χ3v) is 3.95. The summed E-state index contributed by atoms with van der Waals surface area (Å²) in [6, 6.07) is 7.53. The molecule has 1 aliphatic heterocycles. The highest BCUT2D eigenvalue weighted by molar-refractivity contribution is 5.16. The van der Waals surface area contributed by atoms with Crippen LogP contribution in [0.5, 0.6) is 0 Å². The maximum absolute atomic E-state index is 12.9. The van der Waals surface area contributed by atoms with E-state index in [9.17, 15) is 4.39 Å². The molecule has 0 saturated carbocycles. The van der Waals surface area contributed by atoms with Crippen LogP contribution in [0.3, 0.4) is 0 Å². The lowest BCUT2D eigenvalue weighted by molar-refractivity contribution is 0.258. The molecule has 1 aliphatic rings. The van der Waals surface area contributed by atoms with Crippen LogP contribution in [0, 0.1) is 11.7 Å². The summed E-state index contributed by atoms with van der Waals surface area (Å²) < 4.78 is 12.9. The maximum Gasteiger partial charge on any atom is 0.123 e. The van der Waals surface area contributed by atoms with Crippen molar-refractivity contribution in [1.29, 1.82) is 0 Å². The molecular weight excluding hydrogens is 251 g/mol. The highest BCUT2D eigenvalue weighted by atomic mass is 19.1. The van der Waals surface area contributed by atoms with Gasteiger partial charge in [0, 0.05) is 19.1 Å². The largest absolute Gasteiger partial charge is 0.313 e. The SMILES string of the molecule is CC(C)CC1CN(CCc2ccc(F)cc2)CCCN1. The zero-order chi connectivity index (χ0) is 14.4. The minimum absolute atomic E-state index is 0.148. The molecule has 1 fully saturated rings. The first kappa shape index (κ1) is 15.5. The lowest BCUT2D eigenvalue weighted by atomic mass is 10.0. The molecule has 0 aliphatic carbocycles. The van der Waals surface area contributed by atoms with Crippen molar-refractivity contribution in [2.24, 2.45) is 5.92 Å². The molecule has 0 aromatic heterocycles. The summed E-state index contributed by atoms with van der Waals surface area (Å²) in [5, 5.41) is 3.66. The Hall–Kier alpha value is -0.930. The topological polar surface area (TPSA) is 15.3 Å². The lowest BCUT2D eigenvalue weighted by Gasteiger charge is -2.25. The van der Waals surface area contributed by atoms with E-state index in [4.69, 9.17) is 0 Å². The smallest absolute Gasteiger partial charge is 0.123 e. The second-order valence-electron chi connectivity index (χ2n) is 6.31. The van der Waals surface area contributed by atoms with Crippen molar-refractivity contribution in [2.75, 3.05) is 26.2 Å². The van der Waals surface area contributed by atoms with Gasteiger partial charge in [0.15, 0.2) is 0 Å². The van der Waals surface area contributed by atoms with Crippen LogP contribution < -0.4 is 5.32 Å². The molecule has 0 amide bonds. The maximum atomic E-state index is 12.9. The van der Waals surface area contributed by atoms with Gasteiger partial charge in [0.05, 0.1) is 0 Å². The second kappa shape index (κ2) is 7.75. The molecule has 1 unspecified atom stereocenters. The Labute approximate surface area is 122 Å². The predicted octanol–water partition coefficient (Wildman–Crippen LogP) is 3.08. The van der Waals surface area contributed by atoms with Crippen LogP contribution in [0.1, 0.15) is 32.3 Å². The number of nitrogens with zero attached hydrogens (tertiary/aromatic N) is 1. The van der Waals surface area contributed by atoms with Gasteiger partial charge in [-0.25, -0.2) is 4.39 Å². The van der Waals surface area contributed by atoms with E-state index in [0.717, 1.165) is 32.0 Å². The van der Waals surface area contributed by atoms with E-state index in [0.29, 0.717) is 6.04 Å². The Morgan fingerprint density at radius 2 is 2.05 bits per heavy atom. The molecule has 2 nitrogen and oxygen atoms in total. The van der Waals surface area contributed by atoms with Crippen LogP contribution >= 0.6 is 0 Å². The molecule has 1 saturated heterocycles. The monoisotopic (exact) mass is 278 g/mol. The molecular formula is C17H27FN2. The molecule has 2 rings (SSSR count). The summed E-state index contributed by atoms with van der Waals surface area (Å²) in [6.07, 6.45) is 3.47. The van der Waals surface area contributed by atoms with Crippen LogP contribution in [0.4, 0.5) is 4.39 Å². The molecule has 1 N–H and O–H groups in total. The predicted molar refractivity (Wildman–Crippen MR) is 82.4 cm³/mol. The number of hydrogen-bond acceptors (Lipinski definition) is 2. The summed E-state index contributed by atoms with van der Waals surface area (Å²) in [4.78, 5) is 2.55. The van der Waals surface area contributed by atoms with Crippen LogP contribution in [-0.2, 0) is 6.42 Å². The summed E-state index contributed by atoms with van der Waals surface area (Å²) in [7, 11) is 0. The summed E-state index contributed by atoms with van der Waals surface area (Å²) in [6.45, 7) is 9.08. The van der Waals surface area contributed by atoms with E-state index in [1.165, 1.54) is 24.9 Å². The van der Waals surface area contributed by atoms with Gasteiger partial charge in [-0.05, 0) is 56.0 Å². The first-order valence-electron chi connectivity index (χ1n) is 7.83. The molecule has 1 atom stereocenters. The van der Waals surface area contributed by atoms with Gasteiger partial charge in [0.25, 0.3) is 0 Å². The lowest BCUT2D eigenvalue weighted by Crippen LogP contribution is -2.39. The third-order valence-electron chi connectivity index (χ3n) is 3.95. The van der Waals surface area contributed by atoms with Gasteiger partial charge in [-0.3, -0.25) is 0 Å². The normalized spacial score (nSPS) is 21.1. The average molecular weight is 278 g/mol. The average Bonchev–Trinajstić information content (AvgIpc) is 2.63. The Morgan fingerprint density at radius 1 is 1.30 bits per heavy atom. The Bertz CT molecular complexity index is 388. The Kier molecular flexibility index (Phi) is 5.99. The van der Waals surface area contributed by atoms with Crippen molar-refractivity contribution in [2.45, 2.75) is 39.2 Å². The first-order valence-corrected chi connectivity index (χ1v) is 7.83. The zero-order valence-electron chi connectivity index (χ0n) is 12.7. The highest BCUT2D eigenvalue weighted by Gasteiger charge is 2.18. The standard InChI is InChI=1S/C17H27FN2/c1-14(2)12-17-13-20(10-3-9-19-17)11-8-15-4-6-16(18)7-5-15/h4-7,14,17,19H,3,8-13H2,1-2H3. The van der Waals surface area contributed by atoms with Crippen molar-refractivity contribution in [3.8, 4) is 0 Å². The highest BCUT2D eigenvalue weighted by Crippen LogP contribution is 2.11. The molecule has 0 radical (unpaired) electrons. The summed E-state index contributed by atoms with van der Waals surface area (Å²) in [5.41, 5.74) is 1.23. The van der Waals surface area contributed by atoms with Crippen LogP contribution in [0.25, 0.3) is 0 Å². The number of nitrogens with one attached hydrogen (secondary N) is 1. The van der Waals surface area contributed by atoms with Crippen LogP contribution in [0.15, 0.2) is 24.3 Å². The van der Waals surface area contributed by atoms with Crippen LogP contribution in [-0.4, -0.2) is 37.1 Å². The summed E-state index contributed by atoms with van der Waals surface area (Å²) in [5.74, 6) is 0.592. The van der Waals surface area contributed by atoms with E-state index in [-0.39, 0.29) is 5.82 Å². The fourth-order valence-electron chi connectivity index (χ4n) is 2.94. The molecule has 0 spiro atoms. The van der Waals surface area contributed by atoms with Gasteiger partial charge in [0.2, 0.25) is 0 Å². The minimum atomic E-state index is -0.148. The van der Waals surface area contributed by atoms with Gasteiger partial charge in [-0.1, -0.05) is 26.0 Å². The molecule has 20 heavy (non-hydrogen) atoms. The number of hydrogen-bond donors (Lipinski definition) is 1. The van der Waals surface area contributed by atoms with E-state index in [1.807, 2.05) is 12.1 Å². The van der Waals surface area contributed by atoms with Gasteiger partial charge < -0.3 is 10.2 Å². The third kappa shape index (κ3) is 5.22. The molecule has 112 valence electrons. The zero-order valence-corrected chi connectivity index (χ0v) is 12.7. The van der Waals surface area contributed by atoms with Crippen molar-refractivity contribution >= 4 is 0 Å². The molecule has 1 aromatic carbocycles. The van der Waals surface area contributed by atoms with Gasteiger partial charge in [-0.15, -0.1) is 0 Å². The van der Waals surface area contributed by atoms with Gasteiger partial charge in [0.1, 0.15) is 5.82 Å². The minimum Gasteiger partial charge on any atom is -0.313 e. The molecule has 1 aromatic rings. The van der Waals surface area contributed by atoms with E-state index in [1.54, 1.807) is 12.1 Å². The van der Waals surface area contributed by atoms with E-state index < -0.39 is 0 Å². The van der Waals surface area contributed by atoms with Crippen molar-refractivity contribution in [3.63, 3.8) is 0 Å². The number of rotatable bonds is 5. The van der Waals surface area contributed by atoms with Crippen molar-refractivity contribution < 1.29 is 4.39 Å². The number of benzene rings is 1. The second-order valence-corrected chi connectivity index (χ2v) is 6.31. The first-order chi connectivity index (χ1) is 9.63.